The number of nitrogens with one attached hydrogen (secondary N) is 1. The second-order valence-corrected chi connectivity index (χ2v) is 6.71. The van der Waals surface area contributed by atoms with Crippen LogP contribution in [-0.4, -0.2) is 42.0 Å². The Balaban J connectivity index is 1.78. The van der Waals surface area contributed by atoms with Crippen molar-refractivity contribution in [1.82, 2.24) is 10.2 Å². The summed E-state index contributed by atoms with van der Waals surface area (Å²) in [7, 11) is 1.62. The van der Waals surface area contributed by atoms with Crippen LogP contribution in [-0.2, 0) is 9.59 Å². The molecule has 2 aromatic carbocycles. The molecular formula is C19H20N2O3S. The van der Waals surface area contributed by atoms with Gasteiger partial charge in [0.2, 0.25) is 11.8 Å². The molecule has 1 saturated heterocycles. The van der Waals surface area contributed by atoms with E-state index in [4.69, 9.17) is 4.74 Å². The zero-order valence-electron chi connectivity index (χ0n) is 14.0. The molecule has 1 heterocycles. The third-order valence-electron chi connectivity index (χ3n) is 4.05. The van der Waals surface area contributed by atoms with Gasteiger partial charge in [0.1, 0.15) is 12.3 Å². The summed E-state index contributed by atoms with van der Waals surface area (Å²) < 4.78 is 5.20. The SMILES string of the molecule is COc1ccc(C(NC(=O)CN2CSCC2=O)c2ccccc2)cc1. The molecule has 0 aromatic heterocycles. The highest BCUT2D eigenvalue weighted by Gasteiger charge is 2.24. The summed E-state index contributed by atoms with van der Waals surface area (Å²) in [6.45, 7) is 0.0886. The second-order valence-electron chi connectivity index (χ2n) is 5.75. The Morgan fingerprint density at radius 1 is 1.16 bits per heavy atom. The van der Waals surface area contributed by atoms with Crippen molar-refractivity contribution in [2.75, 3.05) is 25.3 Å². The van der Waals surface area contributed by atoms with E-state index in [1.807, 2.05) is 54.6 Å². The molecule has 1 fully saturated rings. The van der Waals surface area contributed by atoms with Gasteiger partial charge < -0.3 is 15.0 Å². The molecule has 0 spiro atoms. The smallest absolute Gasteiger partial charge is 0.240 e. The fourth-order valence-corrected chi connectivity index (χ4v) is 3.63. The lowest BCUT2D eigenvalue weighted by Crippen LogP contribution is -2.40. The number of thioether (sulfide) groups is 1. The highest BCUT2D eigenvalue weighted by molar-refractivity contribution is 8.00. The Hall–Kier alpha value is -2.47. The highest BCUT2D eigenvalue weighted by atomic mass is 32.2. The van der Waals surface area contributed by atoms with E-state index in [2.05, 4.69) is 5.32 Å². The second kappa shape index (κ2) is 8.07. The lowest BCUT2D eigenvalue weighted by atomic mass is 9.98. The van der Waals surface area contributed by atoms with Crippen LogP contribution in [0.15, 0.2) is 54.6 Å². The van der Waals surface area contributed by atoms with Crippen molar-refractivity contribution in [1.29, 1.82) is 0 Å². The molecule has 130 valence electrons. The van der Waals surface area contributed by atoms with Gasteiger partial charge in [-0.1, -0.05) is 42.5 Å². The zero-order chi connectivity index (χ0) is 17.6. The van der Waals surface area contributed by atoms with Gasteiger partial charge in [0.25, 0.3) is 0 Å². The Bertz CT molecular complexity index is 734. The van der Waals surface area contributed by atoms with Gasteiger partial charge in [-0.2, -0.15) is 0 Å². The van der Waals surface area contributed by atoms with Crippen molar-refractivity contribution in [3.63, 3.8) is 0 Å². The first kappa shape index (κ1) is 17.4. The molecule has 2 aromatic rings. The molecule has 6 heteroatoms. The molecule has 5 nitrogen and oxygen atoms in total. The van der Waals surface area contributed by atoms with Gasteiger partial charge in [0.15, 0.2) is 0 Å². The Kier molecular flexibility index (Phi) is 5.60. The van der Waals surface area contributed by atoms with E-state index in [1.165, 1.54) is 11.8 Å². The molecular weight excluding hydrogens is 336 g/mol. The minimum atomic E-state index is -0.273. The highest BCUT2D eigenvalue weighted by Crippen LogP contribution is 2.24. The summed E-state index contributed by atoms with van der Waals surface area (Å²) in [4.78, 5) is 25.8. The minimum absolute atomic E-state index is 0.0147. The molecule has 0 radical (unpaired) electrons. The van der Waals surface area contributed by atoms with Gasteiger partial charge in [-0.15, -0.1) is 11.8 Å². The van der Waals surface area contributed by atoms with Gasteiger partial charge in [-0.25, -0.2) is 0 Å². The number of carbonyl (C=O) groups excluding carboxylic acids is 2. The normalized spacial score (nSPS) is 15.1. The number of amides is 2. The topological polar surface area (TPSA) is 58.6 Å². The number of hydrogen-bond donors (Lipinski definition) is 1. The predicted molar refractivity (Wildman–Crippen MR) is 98.5 cm³/mol. The lowest BCUT2D eigenvalue weighted by Gasteiger charge is -2.22. The first-order valence-electron chi connectivity index (χ1n) is 8.01. The summed E-state index contributed by atoms with van der Waals surface area (Å²) in [5.41, 5.74) is 1.95. The zero-order valence-corrected chi connectivity index (χ0v) is 14.8. The van der Waals surface area contributed by atoms with Crippen LogP contribution in [0.3, 0.4) is 0 Å². The minimum Gasteiger partial charge on any atom is -0.497 e. The molecule has 1 unspecified atom stereocenters. The van der Waals surface area contributed by atoms with Crippen molar-refractivity contribution in [3.05, 3.63) is 65.7 Å². The first-order valence-corrected chi connectivity index (χ1v) is 9.16. The summed E-state index contributed by atoms with van der Waals surface area (Å²) in [6.07, 6.45) is 0. The number of methoxy groups -OCH3 is 1. The van der Waals surface area contributed by atoms with Crippen LogP contribution >= 0.6 is 11.8 Å². The number of carbonyl (C=O) groups is 2. The van der Waals surface area contributed by atoms with Crippen LogP contribution in [0, 0.1) is 0 Å². The maximum Gasteiger partial charge on any atom is 0.240 e. The molecule has 1 aliphatic heterocycles. The fraction of sp³-hybridized carbons (Fsp3) is 0.263. The van der Waals surface area contributed by atoms with Crippen LogP contribution in [0.5, 0.6) is 5.75 Å². The molecule has 0 aliphatic carbocycles. The van der Waals surface area contributed by atoms with Crippen molar-refractivity contribution in [2.24, 2.45) is 0 Å². The quantitative estimate of drug-likeness (QED) is 0.864. The maximum atomic E-state index is 12.5. The van der Waals surface area contributed by atoms with E-state index in [-0.39, 0.29) is 24.4 Å². The Morgan fingerprint density at radius 2 is 1.84 bits per heavy atom. The van der Waals surface area contributed by atoms with E-state index in [9.17, 15) is 9.59 Å². The standard InChI is InChI=1S/C19H20N2O3S/c1-24-16-9-7-15(8-10-16)19(14-5-3-2-4-6-14)20-17(22)11-21-13-25-12-18(21)23/h2-10,19H,11-13H2,1H3,(H,20,22). The van der Waals surface area contributed by atoms with Crippen LogP contribution in [0.2, 0.25) is 0 Å². The number of rotatable bonds is 6. The van der Waals surface area contributed by atoms with Crippen molar-refractivity contribution in [2.45, 2.75) is 6.04 Å². The summed E-state index contributed by atoms with van der Waals surface area (Å²) >= 11 is 1.53. The molecule has 2 amide bonds. The lowest BCUT2D eigenvalue weighted by molar-refractivity contribution is -0.132. The van der Waals surface area contributed by atoms with E-state index in [1.54, 1.807) is 12.0 Å². The Labute approximate surface area is 151 Å². The van der Waals surface area contributed by atoms with Crippen LogP contribution < -0.4 is 10.1 Å². The van der Waals surface area contributed by atoms with Gasteiger partial charge >= 0.3 is 0 Å². The van der Waals surface area contributed by atoms with Crippen LogP contribution in [0.25, 0.3) is 0 Å². The molecule has 1 atom stereocenters. The van der Waals surface area contributed by atoms with Gasteiger partial charge in [0.05, 0.1) is 24.8 Å². The van der Waals surface area contributed by atoms with E-state index in [0.29, 0.717) is 11.6 Å². The number of ether oxygens (including phenoxy) is 1. The average molecular weight is 356 g/mol. The van der Waals surface area contributed by atoms with Crippen molar-refractivity contribution >= 4 is 23.6 Å². The average Bonchev–Trinajstić information content (AvgIpc) is 3.05. The maximum absolute atomic E-state index is 12.5. The third-order valence-corrected chi connectivity index (χ3v) is 4.99. The molecule has 1 aliphatic rings. The van der Waals surface area contributed by atoms with Crippen LogP contribution in [0.4, 0.5) is 0 Å². The fourth-order valence-electron chi connectivity index (χ4n) is 2.72. The molecule has 0 saturated carbocycles. The van der Waals surface area contributed by atoms with Crippen LogP contribution in [0.1, 0.15) is 17.2 Å². The number of nitrogens with zero attached hydrogens (tertiary/aromatic N) is 1. The third kappa shape index (κ3) is 4.33. The molecule has 3 rings (SSSR count). The summed E-state index contributed by atoms with van der Waals surface area (Å²) in [6, 6.07) is 17.1. The van der Waals surface area contributed by atoms with Crippen molar-refractivity contribution < 1.29 is 14.3 Å². The van der Waals surface area contributed by atoms with E-state index >= 15 is 0 Å². The summed E-state index contributed by atoms with van der Waals surface area (Å²) in [5, 5.41) is 3.05. The largest absolute Gasteiger partial charge is 0.497 e. The van der Waals surface area contributed by atoms with Gasteiger partial charge in [0, 0.05) is 0 Å². The number of hydrogen-bond acceptors (Lipinski definition) is 4. The predicted octanol–water partition coefficient (Wildman–Crippen LogP) is 2.43. The molecule has 0 bridgehead atoms. The first-order chi connectivity index (χ1) is 12.2. The van der Waals surface area contributed by atoms with Gasteiger partial charge in [-0.05, 0) is 23.3 Å². The van der Waals surface area contributed by atoms with E-state index in [0.717, 1.165) is 16.9 Å². The Morgan fingerprint density at radius 3 is 2.44 bits per heavy atom. The van der Waals surface area contributed by atoms with E-state index < -0.39 is 0 Å². The molecule has 25 heavy (non-hydrogen) atoms. The molecule has 1 N–H and O–H groups in total. The van der Waals surface area contributed by atoms with Crippen molar-refractivity contribution in [3.8, 4) is 5.75 Å². The number of benzene rings is 2. The monoisotopic (exact) mass is 356 g/mol. The van der Waals surface area contributed by atoms with Gasteiger partial charge in [-0.3, -0.25) is 9.59 Å². The summed E-state index contributed by atoms with van der Waals surface area (Å²) in [5.74, 6) is 1.64.